The highest BCUT2D eigenvalue weighted by Crippen LogP contribution is 2.28. The molecular formula is C16H17FO. The van der Waals surface area contributed by atoms with Crippen LogP contribution in [0.5, 0.6) is 0 Å². The Labute approximate surface area is 107 Å². The number of hydrogen-bond acceptors (Lipinski definition) is 1. The molecule has 0 amide bonds. The summed E-state index contributed by atoms with van der Waals surface area (Å²) in [7, 11) is 0. The summed E-state index contributed by atoms with van der Waals surface area (Å²) in [6.45, 7) is 5.88. The van der Waals surface area contributed by atoms with E-state index in [4.69, 9.17) is 0 Å². The highest BCUT2D eigenvalue weighted by atomic mass is 19.1. The van der Waals surface area contributed by atoms with E-state index in [0.717, 1.165) is 11.1 Å². The minimum Gasteiger partial charge on any atom is -0.294 e. The maximum absolute atomic E-state index is 13.2. The fraction of sp³-hybridized carbons (Fsp3) is 0.312. The Morgan fingerprint density at radius 2 is 1.94 bits per heavy atom. The summed E-state index contributed by atoms with van der Waals surface area (Å²) < 4.78 is 13.2. The second kappa shape index (κ2) is 4.89. The number of benzene rings is 1. The number of aryl methyl sites for hydroxylation is 1. The quantitative estimate of drug-likeness (QED) is 0.766. The van der Waals surface area contributed by atoms with Crippen molar-refractivity contribution >= 4 is 11.4 Å². The molecule has 1 nitrogen and oxygen atoms in total. The Kier molecular flexibility index (Phi) is 3.46. The molecule has 1 aromatic rings. The number of allylic oxidation sites excluding steroid dienone is 4. The van der Waals surface area contributed by atoms with Crippen LogP contribution in [-0.4, -0.2) is 5.78 Å². The SMILES string of the molecule is Cc1cc(C2=CC=C(C(C)C)CC2=O)ccc1F. The zero-order valence-electron chi connectivity index (χ0n) is 11.0. The van der Waals surface area contributed by atoms with Crippen LogP contribution < -0.4 is 0 Å². The number of carbonyl (C=O) groups is 1. The van der Waals surface area contributed by atoms with Crippen LogP contribution >= 0.6 is 0 Å². The predicted octanol–water partition coefficient (Wildman–Crippen LogP) is 4.07. The monoisotopic (exact) mass is 244 g/mol. The van der Waals surface area contributed by atoms with Crippen LogP contribution in [0, 0.1) is 18.7 Å². The molecule has 0 N–H and O–H groups in total. The Balaban J connectivity index is 2.39. The van der Waals surface area contributed by atoms with Crippen molar-refractivity contribution in [3.8, 4) is 0 Å². The molecule has 0 heterocycles. The van der Waals surface area contributed by atoms with Crippen molar-refractivity contribution in [2.45, 2.75) is 27.2 Å². The van der Waals surface area contributed by atoms with Crippen molar-refractivity contribution in [2.24, 2.45) is 5.92 Å². The van der Waals surface area contributed by atoms with Crippen LogP contribution in [-0.2, 0) is 4.79 Å². The Morgan fingerprint density at radius 1 is 1.22 bits per heavy atom. The lowest BCUT2D eigenvalue weighted by Gasteiger charge is -2.16. The summed E-state index contributed by atoms with van der Waals surface area (Å²) in [6.07, 6.45) is 4.34. The first-order valence-corrected chi connectivity index (χ1v) is 6.19. The van der Waals surface area contributed by atoms with Crippen molar-refractivity contribution in [3.63, 3.8) is 0 Å². The van der Waals surface area contributed by atoms with E-state index in [1.54, 1.807) is 19.1 Å². The van der Waals surface area contributed by atoms with Crippen molar-refractivity contribution in [1.82, 2.24) is 0 Å². The lowest BCUT2D eigenvalue weighted by Crippen LogP contribution is -2.10. The van der Waals surface area contributed by atoms with E-state index in [9.17, 15) is 9.18 Å². The van der Waals surface area contributed by atoms with E-state index in [1.165, 1.54) is 6.07 Å². The Hall–Kier alpha value is -1.70. The van der Waals surface area contributed by atoms with Gasteiger partial charge in [0.2, 0.25) is 0 Å². The molecule has 0 saturated heterocycles. The van der Waals surface area contributed by atoms with E-state index in [1.807, 2.05) is 12.2 Å². The van der Waals surface area contributed by atoms with E-state index >= 15 is 0 Å². The van der Waals surface area contributed by atoms with Gasteiger partial charge < -0.3 is 0 Å². The van der Waals surface area contributed by atoms with Gasteiger partial charge in [0.25, 0.3) is 0 Å². The van der Waals surface area contributed by atoms with Crippen LogP contribution in [0.15, 0.2) is 35.9 Å². The average molecular weight is 244 g/mol. The number of ketones is 1. The topological polar surface area (TPSA) is 17.1 Å². The van der Waals surface area contributed by atoms with Gasteiger partial charge in [-0.25, -0.2) is 4.39 Å². The first-order valence-electron chi connectivity index (χ1n) is 6.19. The van der Waals surface area contributed by atoms with Crippen LogP contribution in [0.2, 0.25) is 0 Å². The molecule has 18 heavy (non-hydrogen) atoms. The largest absolute Gasteiger partial charge is 0.294 e. The summed E-state index contributed by atoms with van der Waals surface area (Å²) in [5.41, 5.74) is 3.21. The van der Waals surface area contributed by atoms with E-state index in [0.29, 0.717) is 23.5 Å². The maximum Gasteiger partial charge on any atom is 0.167 e. The number of Topliss-reactive ketones (excluding diaryl/α,β-unsaturated/α-hetero) is 1. The Morgan fingerprint density at radius 3 is 2.50 bits per heavy atom. The fourth-order valence-electron chi connectivity index (χ4n) is 2.09. The summed E-state index contributed by atoms with van der Waals surface area (Å²) in [5, 5.41) is 0. The van der Waals surface area contributed by atoms with Gasteiger partial charge >= 0.3 is 0 Å². The molecule has 0 saturated carbocycles. The van der Waals surface area contributed by atoms with Gasteiger partial charge in [-0.3, -0.25) is 4.79 Å². The van der Waals surface area contributed by atoms with Gasteiger partial charge in [0.05, 0.1) is 0 Å². The highest BCUT2D eigenvalue weighted by Gasteiger charge is 2.19. The zero-order chi connectivity index (χ0) is 13.3. The lowest BCUT2D eigenvalue weighted by molar-refractivity contribution is -0.113. The molecule has 0 fully saturated rings. The van der Waals surface area contributed by atoms with Gasteiger partial charge in [-0.1, -0.05) is 37.6 Å². The molecule has 0 spiro atoms. The molecule has 0 atom stereocenters. The molecule has 2 heteroatoms. The average Bonchev–Trinajstić information content (AvgIpc) is 2.32. The van der Waals surface area contributed by atoms with Crippen LogP contribution in [0.4, 0.5) is 4.39 Å². The van der Waals surface area contributed by atoms with E-state index < -0.39 is 0 Å². The fourth-order valence-corrected chi connectivity index (χ4v) is 2.09. The number of rotatable bonds is 2. The van der Waals surface area contributed by atoms with Gasteiger partial charge in [-0.2, -0.15) is 0 Å². The first-order chi connectivity index (χ1) is 8.49. The van der Waals surface area contributed by atoms with Crippen LogP contribution in [0.3, 0.4) is 0 Å². The molecule has 2 rings (SSSR count). The third kappa shape index (κ3) is 2.42. The molecule has 0 unspecified atom stereocenters. The zero-order valence-corrected chi connectivity index (χ0v) is 11.0. The van der Waals surface area contributed by atoms with Crippen molar-refractivity contribution < 1.29 is 9.18 Å². The highest BCUT2D eigenvalue weighted by molar-refractivity contribution is 6.22. The molecule has 1 aliphatic carbocycles. The van der Waals surface area contributed by atoms with Crippen molar-refractivity contribution in [2.75, 3.05) is 0 Å². The maximum atomic E-state index is 13.2. The third-order valence-electron chi connectivity index (χ3n) is 3.34. The second-order valence-corrected chi connectivity index (χ2v) is 5.04. The summed E-state index contributed by atoms with van der Waals surface area (Å²) in [5.74, 6) is 0.273. The van der Waals surface area contributed by atoms with Gasteiger partial charge in [0, 0.05) is 12.0 Å². The van der Waals surface area contributed by atoms with Crippen molar-refractivity contribution in [3.05, 3.63) is 52.9 Å². The molecule has 1 aromatic carbocycles. The summed E-state index contributed by atoms with van der Waals surface area (Å²) in [4.78, 5) is 12.1. The number of hydrogen-bond donors (Lipinski definition) is 0. The molecule has 0 aromatic heterocycles. The summed E-state index contributed by atoms with van der Waals surface area (Å²) in [6, 6.07) is 4.81. The van der Waals surface area contributed by atoms with E-state index in [-0.39, 0.29) is 11.6 Å². The first kappa shape index (κ1) is 12.7. The lowest BCUT2D eigenvalue weighted by atomic mass is 9.87. The minimum absolute atomic E-state index is 0.118. The van der Waals surface area contributed by atoms with Crippen LogP contribution in [0.1, 0.15) is 31.4 Å². The number of halogens is 1. The molecule has 0 radical (unpaired) electrons. The van der Waals surface area contributed by atoms with Crippen molar-refractivity contribution in [1.29, 1.82) is 0 Å². The summed E-state index contributed by atoms with van der Waals surface area (Å²) >= 11 is 0. The van der Waals surface area contributed by atoms with E-state index in [2.05, 4.69) is 13.8 Å². The number of carbonyl (C=O) groups excluding carboxylic acids is 1. The molecular weight excluding hydrogens is 227 g/mol. The molecule has 0 bridgehead atoms. The van der Waals surface area contributed by atoms with Crippen LogP contribution in [0.25, 0.3) is 5.57 Å². The van der Waals surface area contributed by atoms with Gasteiger partial charge in [-0.15, -0.1) is 0 Å². The smallest absolute Gasteiger partial charge is 0.167 e. The predicted molar refractivity (Wildman–Crippen MR) is 71.7 cm³/mol. The Bertz CT molecular complexity index is 550. The molecule has 1 aliphatic rings. The van der Waals surface area contributed by atoms with Gasteiger partial charge in [0.1, 0.15) is 5.82 Å². The van der Waals surface area contributed by atoms with Gasteiger partial charge in [0.15, 0.2) is 5.78 Å². The van der Waals surface area contributed by atoms with Gasteiger partial charge in [-0.05, 0) is 36.1 Å². The molecule has 94 valence electrons. The normalized spacial score (nSPS) is 15.7. The third-order valence-corrected chi connectivity index (χ3v) is 3.34. The minimum atomic E-state index is -0.235. The standard InChI is InChI=1S/C16H17FO/c1-10(2)12-4-6-14(16(18)9-12)13-5-7-15(17)11(3)8-13/h4-8,10H,9H2,1-3H3. The second-order valence-electron chi connectivity index (χ2n) is 5.04. The molecule has 0 aliphatic heterocycles.